The van der Waals surface area contributed by atoms with Gasteiger partial charge in [0.15, 0.2) is 0 Å². The highest BCUT2D eigenvalue weighted by atomic mass is 32.1. The minimum Gasteiger partial charge on any atom is -0.343 e. The van der Waals surface area contributed by atoms with Crippen LogP contribution in [0.4, 0.5) is 0 Å². The lowest BCUT2D eigenvalue weighted by Gasteiger charge is -2.14. The first kappa shape index (κ1) is 14.1. The Bertz CT molecular complexity index is 655. The molecule has 1 saturated heterocycles. The molecule has 6 heteroatoms. The van der Waals surface area contributed by atoms with Crippen LogP contribution in [-0.2, 0) is 11.2 Å². The summed E-state index contributed by atoms with van der Waals surface area (Å²) in [6.07, 6.45) is 7.24. The third-order valence-corrected chi connectivity index (χ3v) is 4.76. The van der Waals surface area contributed by atoms with E-state index in [9.17, 15) is 4.79 Å². The minimum atomic E-state index is 0.162. The molecule has 0 aliphatic carbocycles. The molecule has 0 spiro atoms. The zero-order chi connectivity index (χ0) is 14.8. The van der Waals surface area contributed by atoms with Crippen LogP contribution in [0.15, 0.2) is 18.6 Å². The first-order valence-electron chi connectivity index (χ1n) is 7.11. The molecule has 0 radical (unpaired) electrons. The highest BCUT2D eigenvalue weighted by molar-refractivity contribution is 7.15. The van der Waals surface area contributed by atoms with Crippen molar-refractivity contribution in [2.75, 3.05) is 13.1 Å². The first-order chi connectivity index (χ1) is 10.1. The lowest BCUT2D eigenvalue weighted by atomic mass is 10.0. The van der Waals surface area contributed by atoms with Crippen molar-refractivity contribution in [2.45, 2.75) is 26.7 Å². The highest BCUT2D eigenvalue weighted by Gasteiger charge is 2.26. The molecule has 1 unspecified atom stereocenters. The van der Waals surface area contributed by atoms with Crippen molar-refractivity contribution in [3.05, 3.63) is 29.3 Å². The number of aryl methyl sites for hydroxylation is 1. The Balaban J connectivity index is 1.79. The largest absolute Gasteiger partial charge is 0.343 e. The third kappa shape index (κ3) is 3.10. The van der Waals surface area contributed by atoms with E-state index in [0.29, 0.717) is 5.92 Å². The van der Waals surface area contributed by atoms with E-state index in [0.717, 1.165) is 47.2 Å². The predicted octanol–water partition coefficient (Wildman–Crippen LogP) is 2.32. The van der Waals surface area contributed by atoms with E-state index in [1.807, 2.05) is 18.0 Å². The normalized spacial score (nSPS) is 18.2. The smallest absolute Gasteiger partial charge is 0.219 e. The Kier molecular flexibility index (Phi) is 3.96. The summed E-state index contributed by atoms with van der Waals surface area (Å²) < 4.78 is 0. The summed E-state index contributed by atoms with van der Waals surface area (Å²) in [4.78, 5) is 27.7. The molecule has 1 aliphatic heterocycles. The monoisotopic (exact) mass is 302 g/mol. The van der Waals surface area contributed by atoms with Crippen molar-refractivity contribution >= 4 is 17.2 Å². The van der Waals surface area contributed by atoms with Crippen LogP contribution in [0, 0.1) is 12.8 Å². The van der Waals surface area contributed by atoms with Gasteiger partial charge in [0.1, 0.15) is 5.69 Å². The van der Waals surface area contributed by atoms with Crippen LogP contribution in [0.2, 0.25) is 0 Å². The van der Waals surface area contributed by atoms with Crippen molar-refractivity contribution in [1.29, 1.82) is 0 Å². The number of thiazole rings is 1. The number of carbonyl (C=O) groups excluding carboxylic acids is 1. The van der Waals surface area contributed by atoms with Crippen LogP contribution in [0.25, 0.3) is 10.6 Å². The number of aromatic nitrogens is 3. The van der Waals surface area contributed by atoms with Gasteiger partial charge in [-0.25, -0.2) is 4.98 Å². The van der Waals surface area contributed by atoms with Gasteiger partial charge in [-0.15, -0.1) is 11.3 Å². The van der Waals surface area contributed by atoms with Crippen LogP contribution in [-0.4, -0.2) is 38.8 Å². The number of hydrogen-bond donors (Lipinski definition) is 0. The second-order valence-electron chi connectivity index (χ2n) is 5.42. The van der Waals surface area contributed by atoms with E-state index < -0.39 is 0 Å². The number of hydrogen-bond acceptors (Lipinski definition) is 5. The Morgan fingerprint density at radius 2 is 2.19 bits per heavy atom. The quantitative estimate of drug-likeness (QED) is 0.873. The molecule has 1 amide bonds. The molecule has 3 heterocycles. The summed E-state index contributed by atoms with van der Waals surface area (Å²) in [6.45, 7) is 5.31. The summed E-state index contributed by atoms with van der Waals surface area (Å²) in [5.74, 6) is 0.633. The zero-order valence-electron chi connectivity index (χ0n) is 12.2. The van der Waals surface area contributed by atoms with E-state index in [1.54, 1.807) is 30.7 Å². The summed E-state index contributed by atoms with van der Waals surface area (Å²) in [7, 11) is 0. The van der Waals surface area contributed by atoms with Crippen molar-refractivity contribution in [2.24, 2.45) is 5.92 Å². The summed E-state index contributed by atoms with van der Waals surface area (Å²) >= 11 is 1.64. The van der Waals surface area contributed by atoms with Crippen LogP contribution < -0.4 is 0 Å². The van der Waals surface area contributed by atoms with E-state index >= 15 is 0 Å². The van der Waals surface area contributed by atoms with E-state index in [2.05, 4.69) is 15.0 Å². The maximum Gasteiger partial charge on any atom is 0.219 e. The fourth-order valence-electron chi connectivity index (χ4n) is 2.75. The van der Waals surface area contributed by atoms with Crippen LogP contribution in [0.5, 0.6) is 0 Å². The van der Waals surface area contributed by atoms with Crippen LogP contribution in [0.3, 0.4) is 0 Å². The average Bonchev–Trinajstić information content (AvgIpc) is 3.09. The molecule has 1 fully saturated rings. The topological polar surface area (TPSA) is 59.0 Å². The van der Waals surface area contributed by atoms with E-state index in [1.165, 1.54) is 0 Å². The molecule has 1 aliphatic rings. The fraction of sp³-hybridized carbons (Fsp3) is 0.467. The third-order valence-electron chi connectivity index (χ3n) is 3.84. The molecule has 21 heavy (non-hydrogen) atoms. The molecular formula is C15H18N4OS. The Labute approximate surface area is 128 Å². The number of rotatable bonds is 3. The maximum atomic E-state index is 11.4. The molecular weight excluding hydrogens is 284 g/mol. The van der Waals surface area contributed by atoms with Gasteiger partial charge in [-0.1, -0.05) is 0 Å². The van der Waals surface area contributed by atoms with Gasteiger partial charge in [-0.05, 0) is 25.7 Å². The van der Waals surface area contributed by atoms with Gasteiger partial charge < -0.3 is 4.90 Å². The van der Waals surface area contributed by atoms with Gasteiger partial charge in [-0.3, -0.25) is 14.8 Å². The lowest BCUT2D eigenvalue weighted by Crippen LogP contribution is -2.26. The van der Waals surface area contributed by atoms with Gasteiger partial charge in [-0.2, -0.15) is 0 Å². The molecule has 0 saturated carbocycles. The maximum absolute atomic E-state index is 11.4. The first-order valence-corrected chi connectivity index (χ1v) is 7.93. The van der Waals surface area contributed by atoms with E-state index in [-0.39, 0.29) is 5.91 Å². The van der Waals surface area contributed by atoms with Gasteiger partial charge in [0.05, 0.1) is 15.6 Å². The second-order valence-corrected chi connectivity index (χ2v) is 6.65. The molecule has 5 nitrogen and oxygen atoms in total. The number of nitrogens with zero attached hydrogens (tertiary/aromatic N) is 4. The standard InChI is InChI=1S/C15H18N4OS/c1-10-18-8-14(21-10)15-13(16-4-5-17-15)7-12-3-6-19(9-12)11(2)20/h4-5,8,12H,3,6-7,9H2,1-2H3. The predicted molar refractivity (Wildman–Crippen MR) is 81.9 cm³/mol. The Morgan fingerprint density at radius 1 is 1.38 bits per heavy atom. The van der Waals surface area contributed by atoms with Gasteiger partial charge in [0.25, 0.3) is 0 Å². The fourth-order valence-corrected chi connectivity index (χ4v) is 3.55. The van der Waals surface area contributed by atoms with Gasteiger partial charge in [0, 0.05) is 38.6 Å². The number of amides is 1. The van der Waals surface area contributed by atoms with Crippen LogP contribution in [0.1, 0.15) is 24.0 Å². The molecule has 2 aromatic rings. The summed E-state index contributed by atoms with van der Waals surface area (Å²) in [5, 5.41) is 1.03. The van der Waals surface area contributed by atoms with Crippen LogP contribution >= 0.6 is 11.3 Å². The van der Waals surface area contributed by atoms with Crippen molar-refractivity contribution in [1.82, 2.24) is 19.9 Å². The lowest BCUT2D eigenvalue weighted by molar-refractivity contribution is -0.127. The van der Waals surface area contributed by atoms with Gasteiger partial charge >= 0.3 is 0 Å². The minimum absolute atomic E-state index is 0.162. The summed E-state index contributed by atoms with van der Waals surface area (Å²) in [5.41, 5.74) is 1.95. The molecule has 0 bridgehead atoms. The second kappa shape index (κ2) is 5.89. The molecule has 0 aromatic carbocycles. The Hall–Kier alpha value is -1.82. The summed E-state index contributed by atoms with van der Waals surface area (Å²) in [6, 6.07) is 0. The van der Waals surface area contributed by atoms with E-state index in [4.69, 9.17) is 0 Å². The molecule has 1 atom stereocenters. The molecule has 2 aromatic heterocycles. The average molecular weight is 302 g/mol. The zero-order valence-corrected chi connectivity index (χ0v) is 13.1. The Morgan fingerprint density at radius 3 is 2.86 bits per heavy atom. The van der Waals surface area contributed by atoms with Crippen molar-refractivity contribution in [3.8, 4) is 10.6 Å². The highest BCUT2D eigenvalue weighted by Crippen LogP contribution is 2.29. The number of carbonyl (C=O) groups is 1. The van der Waals surface area contributed by atoms with Crippen molar-refractivity contribution in [3.63, 3.8) is 0 Å². The van der Waals surface area contributed by atoms with Crippen molar-refractivity contribution < 1.29 is 4.79 Å². The molecule has 3 rings (SSSR count). The molecule has 0 N–H and O–H groups in total. The number of likely N-dealkylation sites (tertiary alicyclic amines) is 1. The molecule has 110 valence electrons. The SMILES string of the molecule is CC(=O)N1CCC(Cc2nccnc2-c2cnc(C)s2)C1. The van der Waals surface area contributed by atoms with Gasteiger partial charge in [0.2, 0.25) is 5.91 Å².